The Morgan fingerprint density at radius 1 is 1.11 bits per heavy atom. The van der Waals surface area contributed by atoms with E-state index in [1.807, 2.05) is 13.0 Å². The maximum Gasteiger partial charge on any atom is 0.231 e. The van der Waals surface area contributed by atoms with Crippen molar-refractivity contribution in [2.75, 3.05) is 22.9 Å². The van der Waals surface area contributed by atoms with Crippen molar-refractivity contribution in [2.24, 2.45) is 0 Å². The highest BCUT2D eigenvalue weighted by Crippen LogP contribution is 2.24. The first kappa shape index (κ1) is 22.2. The molecule has 28 heavy (non-hydrogen) atoms. The van der Waals surface area contributed by atoms with Crippen molar-refractivity contribution >= 4 is 38.7 Å². The topological polar surface area (TPSA) is 61.4 Å². The van der Waals surface area contributed by atoms with E-state index in [0.29, 0.717) is 10.8 Å². The Kier molecular flexibility index (Phi) is 6.72. The first-order valence-electron chi connectivity index (χ1n) is 9.10. The maximum atomic E-state index is 11.7. The third-order valence-corrected chi connectivity index (χ3v) is 6.02. The van der Waals surface area contributed by atoms with Crippen LogP contribution in [0.2, 0.25) is 0 Å². The molecule has 0 spiro atoms. The lowest BCUT2D eigenvalue weighted by Gasteiger charge is -2.22. The molecule has 2 aromatic rings. The van der Waals surface area contributed by atoms with Crippen LogP contribution in [0.3, 0.4) is 0 Å². The third kappa shape index (κ3) is 5.94. The van der Waals surface area contributed by atoms with Crippen molar-refractivity contribution in [2.45, 2.75) is 39.2 Å². The number of rotatable bonds is 5. The highest BCUT2D eigenvalue weighted by atomic mass is 32.2. The molecule has 0 saturated carbocycles. The maximum absolute atomic E-state index is 11.7. The van der Waals surface area contributed by atoms with E-state index in [4.69, 9.17) is 12.2 Å². The Bertz CT molecular complexity index is 933. The standard InChI is InChI=1S/C21H29N3O2S2/c1-15(16-10-12-17(13-11-16)21(2,3)4)22-20(27)23-18-8-7-9-19(14-18)24(5)28(6,25)26/h7-15H,1-6H3,(H2,22,23,27). The Balaban J connectivity index is 2.04. The van der Waals surface area contributed by atoms with Crippen molar-refractivity contribution in [1.82, 2.24) is 5.32 Å². The van der Waals surface area contributed by atoms with E-state index < -0.39 is 10.0 Å². The molecule has 2 N–H and O–H groups in total. The number of benzene rings is 2. The SMILES string of the molecule is CC(NC(=S)Nc1cccc(N(C)S(C)(=O)=O)c1)c1ccc(C(C)(C)C)cc1. The van der Waals surface area contributed by atoms with Crippen LogP contribution in [0.5, 0.6) is 0 Å². The Morgan fingerprint density at radius 2 is 1.71 bits per heavy atom. The van der Waals surface area contributed by atoms with Gasteiger partial charge in [0.15, 0.2) is 5.11 Å². The third-order valence-electron chi connectivity index (χ3n) is 4.59. The summed E-state index contributed by atoms with van der Waals surface area (Å²) in [7, 11) is -1.79. The second kappa shape index (κ2) is 8.49. The van der Waals surface area contributed by atoms with Gasteiger partial charge in [-0.25, -0.2) is 8.42 Å². The number of nitrogens with zero attached hydrogens (tertiary/aromatic N) is 1. The quantitative estimate of drug-likeness (QED) is 0.702. The van der Waals surface area contributed by atoms with E-state index in [1.165, 1.54) is 23.2 Å². The van der Waals surface area contributed by atoms with Crippen LogP contribution in [-0.2, 0) is 15.4 Å². The van der Waals surface area contributed by atoms with Crippen LogP contribution in [-0.4, -0.2) is 26.8 Å². The molecule has 152 valence electrons. The Hall–Kier alpha value is -2.12. The second-order valence-electron chi connectivity index (χ2n) is 7.97. The minimum atomic E-state index is -3.31. The van der Waals surface area contributed by atoms with Crippen LogP contribution < -0.4 is 14.9 Å². The van der Waals surface area contributed by atoms with Gasteiger partial charge >= 0.3 is 0 Å². The zero-order chi connectivity index (χ0) is 21.1. The number of sulfonamides is 1. The molecular weight excluding hydrogens is 390 g/mol. The summed E-state index contributed by atoms with van der Waals surface area (Å²) in [5.74, 6) is 0. The summed E-state index contributed by atoms with van der Waals surface area (Å²) in [5, 5.41) is 6.87. The smallest absolute Gasteiger partial charge is 0.231 e. The van der Waals surface area contributed by atoms with Crippen molar-refractivity contribution in [3.8, 4) is 0 Å². The second-order valence-corrected chi connectivity index (χ2v) is 10.4. The fourth-order valence-electron chi connectivity index (χ4n) is 2.69. The van der Waals surface area contributed by atoms with E-state index in [1.54, 1.807) is 18.2 Å². The lowest BCUT2D eigenvalue weighted by molar-refractivity contribution is 0.589. The Morgan fingerprint density at radius 3 is 2.25 bits per heavy atom. The zero-order valence-electron chi connectivity index (χ0n) is 17.3. The summed E-state index contributed by atoms with van der Waals surface area (Å²) >= 11 is 5.43. The highest BCUT2D eigenvalue weighted by molar-refractivity contribution is 7.92. The molecule has 0 amide bonds. The molecular formula is C21H29N3O2S2. The molecule has 5 nitrogen and oxygen atoms in total. The monoisotopic (exact) mass is 419 g/mol. The summed E-state index contributed by atoms with van der Waals surface area (Å²) < 4.78 is 24.7. The van der Waals surface area contributed by atoms with E-state index in [0.717, 1.165) is 11.3 Å². The number of anilines is 2. The van der Waals surface area contributed by atoms with Crippen LogP contribution in [0, 0.1) is 0 Å². The van der Waals surface area contributed by atoms with E-state index >= 15 is 0 Å². The first-order valence-corrected chi connectivity index (χ1v) is 11.4. The minimum absolute atomic E-state index is 0.0379. The van der Waals surface area contributed by atoms with E-state index in [9.17, 15) is 8.42 Å². The van der Waals surface area contributed by atoms with Crippen molar-refractivity contribution in [3.05, 3.63) is 59.7 Å². The predicted molar refractivity (Wildman–Crippen MR) is 123 cm³/mol. The van der Waals surface area contributed by atoms with Crippen LogP contribution >= 0.6 is 12.2 Å². The van der Waals surface area contributed by atoms with Crippen molar-refractivity contribution in [1.29, 1.82) is 0 Å². The van der Waals surface area contributed by atoms with Gasteiger partial charge in [0.05, 0.1) is 18.0 Å². The Labute approximate surface area is 174 Å². The van der Waals surface area contributed by atoms with Gasteiger partial charge in [0.1, 0.15) is 0 Å². The van der Waals surface area contributed by atoms with Gasteiger partial charge in [-0.3, -0.25) is 4.31 Å². The summed E-state index contributed by atoms with van der Waals surface area (Å²) in [6, 6.07) is 15.7. The van der Waals surface area contributed by atoms with E-state index in [-0.39, 0.29) is 11.5 Å². The molecule has 0 aromatic heterocycles. The fraction of sp³-hybridized carbons (Fsp3) is 0.381. The van der Waals surface area contributed by atoms with Gasteiger partial charge in [-0.05, 0) is 53.9 Å². The minimum Gasteiger partial charge on any atom is -0.356 e. The lowest BCUT2D eigenvalue weighted by Crippen LogP contribution is -2.31. The molecule has 1 atom stereocenters. The molecule has 0 aliphatic rings. The van der Waals surface area contributed by atoms with Gasteiger partial charge in [-0.2, -0.15) is 0 Å². The number of thiocarbonyl (C=S) groups is 1. The largest absolute Gasteiger partial charge is 0.356 e. The molecule has 0 saturated heterocycles. The molecule has 1 unspecified atom stereocenters. The normalized spacial score (nSPS) is 12.9. The first-order chi connectivity index (χ1) is 12.9. The molecule has 7 heteroatoms. The van der Waals surface area contributed by atoms with Gasteiger partial charge < -0.3 is 10.6 Å². The predicted octanol–water partition coefficient (Wildman–Crippen LogP) is 4.43. The molecule has 0 bridgehead atoms. The lowest BCUT2D eigenvalue weighted by atomic mass is 9.86. The molecule has 2 aromatic carbocycles. The fourth-order valence-corrected chi connectivity index (χ4v) is 3.48. The van der Waals surface area contributed by atoms with Gasteiger partial charge in [0.25, 0.3) is 0 Å². The van der Waals surface area contributed by atoms with Gasteiger partial charge in [-0.15, -0.1) is 0 Å². The van der Waals surface area contributed by atoms with Gasteiger partial charge in [0, 0.05) is 12.7 Å². The average Bonchev–Trinajstić information content (AvgIpc) is 2.59. The molecule has 0 aliphatic heterocycles. The van der Waals surface area contributed by atoms with E-state index in [2.05, 4.69) is 55.7 Å². The van der Waals surface area contributed by atoms with Gasteiger partial charge in [0.2, 0.25) is 10.0 Å². The van der Waals surface area contributed by atoms with Crippen LogP contribution in [0.25, 0.3) is 0 Å². The molecule has 2 rings (SSSR count). The average molecular weight is 420 g/mol. The number of hydrogen-bond donors (Lipinski definition) is 2. The highest BCUT2D eigenvalue weighted by Gasteiger charge is 2.15. The van der Waals surface area contributed by atoms with Crippen LogP contribution in [0.4, 0.5) is 11.4 Å². The summed E-state index contributed by atoms with van der Waals surface area (Å²) in [6.45, 7) is 8.63. The molecule has 0 fully saturated rings. The van der Waals surface area contributed by atoms with Crippen LogP contribution in [0.1, 0.15) is 44.9 Å². The number of hydrogen-bond acceptors (Lipinski definition) is 3. The molecule has 0 heterocycles. The van der Waals surface area contributed by atoms with Crippen LogP contribution in [0.15, 0.2) is 48.5 Å². The molecule has 0 aliphatic carbocycles. The summed E-state index contributed by atoms with van der Waals surface area (Å²) in [6.07, 6.45) is 1.17. The van der Waals surface area contributed by atoms with Crippen molar-refractivity contribution in [3.63, 3.8) is 0 Å². The summed E-state index contributed by atoms with van der Waals surface area (Å²) in [5.41, 5.74) is 3.84. The molecule has 0 radical (unpaired) electrons. The summed E-state index contributed by atoms with van der Waals surface area (Å²) in [4.78, 5) is 0. The van der Waals surface area contributed by atoms with Crippen molar-refractivity contribution < 1.29 is 8.42 Å². The zero-order valence-corrected chi connectivity index (χ0v) is 18.9. The number of nitrogens with one attached hydrogen (secondary N) is 2. The van der Waals surface area contributed by atoms with Gasteiger partial charge in [-0.1, -0.05) is 51.1 Å².